The average molecular weight is 554 g/mol. The number of amides is 1. The Labute approximate surface area is 236 Å². The van der Waals surface area contributed by atoms with Crippen molar-refractivity contribution < 1.29 is 13.2 Å². The number of nitrogens with zero attached hydrogens (tertiary/aromatic N) is 2. The Hall–Kier alpha value is -3.84. The fourth-order valence-electron chi connectivity index (χ4n) is 6.83. The van der Waals surface area contributed by atoms with E-state index in [9.17, 15) is 13.2 Å². The van der Waals surface area contributed by atoms with E-state index in [0.717, 1.165) is 41.5 Å². The van der Waals surface area contributed by atoms with Crippen molar-refractivity contribution in [1.82, 2.24) is 4.90 Å². The Kier molecular flexibility index (Phi) is 6.37. The summed E-state index contributed by atoms with van der Waals surface area (Å²) in [6.45, 7) is 2.29. The van der Waals surface area contributed by atoms with Crippen LogP contribution < -0.4 is 9.62 Å². The molecule has 7 heteroatoms. The van der Waals surface area contributed by atoms with Crippen LogP contribution in [-0.2, 0) is 26.7 Å². The maximum atomic E-state index is 13.6. The molecule has 6 nitrogen and oxygen atoms in total. The van der Waals surface area contributed by atoms with Crippen molar-refractivity contribution in [3.63, 3.8) is 0 Å². The van der Waals surface area contributed by atoms with E-state index in [1.54, 1.807) is 18.2 Å². The maximum absolute atomic E-state index is 13.6. The Morgan fingerprint density at radius 2 is 1.62 bits per heavy atom. The molecule has 2 aliphatic rings. The first-order chi connectivity index (χ1) is 19.1. The maximum Gasteiger partial charge on any atom is 0.262 e. The van der Waals surface area contributed by atoms with Crippen LogP contribution in [0.3, 0.4) is 0 Å². The number of hydrogen-bond acceptors (Lipinski definition) is 4. The van der Waals surface area contributed by atoms with Gasteiger partial charge in [-0.3, -0.25) is 9.52 Å². The average Bonchev–Trinajstić information content (AvgIpc) is 2.94. The van der Waals surface area contributed by atoms with Crippen LogP contribution in [0.5, 0.6) is 0 Å². The Morgan fingerprint density at radius 1 is 0.900 bits per heavy atom. The number of nitrogens with one attached hydrogen (secondary N) is 1. The molecule has 0 radical (unpaired) electrons. The van der Waals surface area contributed by atoms with Crippen LogP contribution in [0.4, 0.5) is 11.4 Å². The highest BCUT2D eigenvalue weighted by Crippen LogP contribution is 2.46. The molecule has 0 unspecified atom stereocenters. The zero-order valence-electron chi connectivity index (χ0n) is 23.4. The normalized spacial score (nSPS) is 20.6. The van der Waals surface area contributed by atoms with E-state index in [4.69, 9.17) is 0 Å². The number of carbonyl (C=O) groups is 1. The number of benzene rings is 4. The zero-order chi connectivity index (χ0) is 28.2. The van der Waals surface area contributed by atoms with Crippen LogP contribution in [0, 0.1) is 0 Å². The molecule has 0 saturated carbocycles. The third kappa shape index (κ3) is 4.33. The summed E-state index contributed by atoms with van der Waals surface area (Å²) >= 11 is 0. The van der Waals surface area contributed by atoms with E-state index in [1.165, 1.54) is 11.1 Å². The van der Waals surface area contributed by atoms with Gasteiger partial charge in [0.2, 0.25) is 5.91 Å². The third-order valence-electron chi connectivity index (χ3n) is 8.94. The molecule has 40 heavy (non-hydrogen) atoms. The van der Waals surface area contributed by atoms with Gasteiger partial charge in [0.15, 0.2) is 0 Å². The zero-order valence-corrected chi connectivity index (χ0v) is 24.3. The van der Waals surface area contributed by atoms with Gasteiger partial charge >= 0.3 is 0 Å². The summed E-state index contributed by atoms with van der Waals surface area (Å²) in [4.78, 5) is 16.5. The summed E-state index contributed by atoms with van der Waals surface area (Å²) in [6.07, 6.45) is 3.33. The van der Waals surface area contributed by atoms with Crippen LogP contribution in [0.1, 0.15) is 37.3 Å². The van der Waals surface area contributed by atoms with Gasteiger partial charge in [0.1, 0.15) is 0 Å². The second-order valence-corrected chi connectivity index (χ2v) is 13.2. The number of hydrogen-bond donors (Lipinski definition) is 1. The smallest absolute Gasteiger partial charge is 0.262 e. The van der Waals surface area contributed by atoms with Crippen LogP contribution in [0.25, 0.3) is 21.9 Å². The summed E-state index contributed by atoms with van der Waals surface area (Å²) in [5.74, 6) is 0.239. The van der Waals surface area contributed by atoms with Crippen molar-refractivity contribution in [3.05, 3.63) is 90.0 Å². The standard InChI is InChI=1S/C33H35N3O3S/c1-33-19-18-32(37)36(4)31(33)17-15-24-20-23(14-16-28(24)33)22-8-5-9-25(21-22)34-40(38,39)30-13-7-10-26-27(30)11-6-12-29(26)35(2)3/h5-14,16,20-21,31,34H,15,17-19H2,1-4H3/t31-,33-/m1/s1. The van der Waals surface area contributed by atoms with Crippen molar-refractivity contribution in [2.45, 2.75) is 49.0 Å². The number of rotatable bonds is 5. The lowest BCUT2D eigenvalue weighted by Crippen LogP contribution is -2.56. The predicted molar refractivity (Wildman–Crippen MR) is 162 cm³/mol. The van der Waals surface area contributed by atoms with Crippen LogP contribution in [-0.4, -0.2) is 46.4 Å². The van der Waals surface area contributed by atoms with Gasteiger partial charge in [-0.25, -0.2) is 8.42 Å². The molecular weight excluding hydrogens is 518 g/mol. The fourth-order valence-corrected chi connectivity index (χ4v) is 8.10. The molecule has 6 rings (SSSR count). The van der Waals surface area contributed by atoms with Crippen LogP contribution >= 0.6 is 0 Å². The third-order valence-corrected chi connectivity index (χ3v) is 10.4. The number of piperidine rings is 1. The predicted octanol–water partition coefficient (Wildman–Crippen LogP) is 6.20. The summed E-state index contributed by atoms with van der Waals surface area (Å²) in [6, 6.07) is 25.5. The highest BCUT2D eigenvalue weighted by Gasteiger charge is 2.46. The van der Waals surface area contributed by atoms with Crippen molar-refractivity contribution in [3.8, 4) is 11.1 Å². The SMILES string of the molecule is CN(C)c1cccc2c(S(=O)(=O)Nc3cccc(-c4ccc5c(c4)CC[C@H]4N(C)C(=O)CC[C@]54C)c3)cccc12. The molecule has 1 aliphatic carbocycles. The molecule has 4 aromatic carbocycles. The van der Waals surface area contributed by atoms with E-state index < -0.39 is 10.0 Å². The first kappa shape index (κ1) is 26.4. The molecule has 206 valence electrons. The number of likely N-dealkylation sites (tertiary alicyclic amines) is 1. The lowest BCUT2D eigenvalue weighted by atomic mass is 9.63. The molecule has 1 N–H and O–H groups in total. The minimum Gasteiger partial charge on any atom is -0.377 e. The van der Waals surface area contributed by atoms with Gasteiger partial charge in [0.05, 0.1) is 4.90 Å². The minimum absolute atomic E-state index is 0.0445. The number of sulfonamides is 1. The number of anilines is 2. The van der Waals surface area contributed by atoms with Gasteiger partial charge in [-0.2, -0.15) is 0 Å². The fraction of sp³-hybridized carbons (Fsp3) is 0.303. The molecule has 1 aliphatic heterocycles. The highest BCUT2D eigenvalue weighted by molar-refractivity contribution is 7.93. The molecule has 2 atom stereocenters. The molecule has 0 spiro atoms. The summed E-state index contributed by atoms with van der Waals surface area (Å²) < 4.78 is 30.0. The number of fused-ring (bicyclic) bond motifs is 4. The number of carbonyl (C=O) groups excluding carboxylic acids is 1. The monoisotopic (exact) mass is 553 g/mol. The van der Waals surface area contributed by atoms with Crippen molar-refractivity contribution in [1.29, 1.82) is 0 Å². The summed E-state index contributed by atoms with van der Waals surface area (Å²) in [5, 5.41) is 1.58. The highest BCUT2D eigenvalue weighted by atomic mass is 32.2. The Balaban J connectivity index is 1.31. The topological polar surface area (TPSA) is 69.7 Å². The Morgan fingerprint density at radius 3 is 2.42 bits per heavy atom. The number of likely N-dealkylation sites (N-methyl/N-ethyl adjacent to an activating group) is 1. The lowest BCUT2D eigenvalue weighted by molar-refractivity contribution is -0.138. The first-order valence-corrected chi connectivity index (χ1v) is 15.3. The quantitative estimate of drug-likeness (QED) is 0.320. The van der Waals surface area contributed by atoms with E-state index in [1.807, 2.05) is 73.4 Å². The van der Waals surface area contributed by atoms with Crippen molar-refractivity contribution in [2.24, 2.45) is 0 Å². The molecule has 4 aromatic rings. The van der Waals surface area contributed by atoms with Gasteiger partial charge in [-0.05, 0) is 65.8 Å². The van der Waals surface area contributed by atoms with Crippen molar-refractivity contribution >= 4 is 38.1 Å². The number of aryl methyl sites for hydroxylation is 1. The van der Waals surface area contributed by atoms with Gasteiger partial charge in [-0.15, -0.1) is 0 Å². The van der Waals surface area contributed by atoms with Crippen molar-refractivity contribution in [2.75, 3.05) is 30.8 Å². The van der Waals surface area contributed by atoms with E-state index in [2.05, 4.69) is 29.8 Å². The molecule has 0 aromatic heterocycles. The Bertz CT molecular complexity index is 1750. The largest absolute Gasteiger partial charge is 0.377 e. The lowest BCUT2D eigenvalue weighted by Gasteiger charge is -2.50. The van der Waals surface area contributed by atoms with Crippen LogP contribution in [0.2, 0.25) is 0 Å². The van der Waals surface area contributed by atoms with Gasteiger partial charge in [0, 0.05) is 61.2 Å². The van der Waals surface area contributed by atoms with Gasteiger partial charge in [0.25, 0.3) is 10.0 Å². The molecule has 0 bridgehead atoms. The van der Waals surface area contributed by atoms with E-state index >= 15 is 0 Å². The molecule has 1 saturated heterocycles. The molecule has 1 fully saturated rings. The molecule has 1 heterocycles. The molecule has 1 amide bonds. The second kappa shape index (κ2) is 9.66. The second-order valence-electron chi connectivity index (χ2n) is 11.6. The molecular formula is C33H35N3O3S. The minimum atomic E-state index is -3.83. The summed E-state index contributed by atoms with van der Waals surface area (Å²) in [5.41, 5.74) is 6.11. The van der Waals surface area contributed by atoms with Crippen LogP contribution in [0.15, 0.2) is 83.8 Å². The van der Waals surface area contributed by atoms with Gasteiger partial charge < -0.3 is 9.80 Å². The summed E-state index contributed by atoms with van der Waals surface area (Å²) in [7, 11) is 2.02. The van der Waals surface area contributed by atoms with Gasteiger partial charge in [-0.1, -0.05) is 61.5 Å². The van der Waals surface area contributed by atoms with E-state index in [-0.39, 0.29) is 22.3 Å². The van der Waals surface area contributed by atoms with E-state index in [0.29, 0.717) is 17.5 Å². The first-order valence-electron chi connectivity index (χ1n) is 13.8.